The summed E-state index contributed by atoms with van der Waals surface area (Å²) in [5.41, 5.74) is 0.791. The third kappa shape index (κ3) is 3.60. The highest BCUT2D eigenvalue weighted by Gasteiger charge is 2.32. The van der Waals surface area contributed by atoms with E-state index in [1.165, 1.54) is 25.5 Å². The molecule has 3 aromatic rings. The summed E-state index contributed by atoms with van der Waals surface area (Å²) in [6.07, 6.45) is 4.85. The van der Waals surface area contributed by atoms with Crippen LogP contribution in [0.4, 0.5) is 4.39 Å². The molecular weight excluding hydrogens is 367 g/mol. The van der Waals surface area contributed by atoms with Crippen molar-refractivity contribution in [3.63, 3.8) is 0 Å². The zero-order valence-electron chi connectivity index (χ0n) is 15.3. The fourth-order valence-corrected chi connectivity index (χ4v) is 3.30. The number of hydrogen-bond donors (Lipinski definition) is 0. The average Bonchev–Trinajstić information content (AvgIpc) is 3.33. The van der Waals surface area contributed by atoms with Crippen molar-refractivity contribution < 1.29 is 22.9 Å². The van der Waals surface area contributed by atoms with Crippen molar-refractivity contribution in [1.29, 1.82) is 0 Å². The lowest BCUT2D eigenvalue weighted by molar-refractivity contribution is 0.0664. The predicted octanol–water partition coefficient (Wildman–Crippen LogP) is 3.63. The van der Waals surface area contributed by atoms with Crippen LogP contribution in [-0.2, 0) is 0 Å². The minimum absolute atomic E-state index is 0.0351. The average molecular weight is 386 g/mol. The van der Waals surface area contributed by atoms with Gasteiger partial charge in [0.25, 0.3) is 11.8 Å². The second-order valence-corrected chi connectivity index (χ2v) is 6.53. The van der Waals surface area contributed by atoms with Gasteiger partial charge >= 0.3 is 6.08 Å². The second kappa shape index (κ2) is 7.79. The first-order chi connectivity index (χ1) is 13.7. The largest absolute Gasteiger partial charge is 0.454 e. The standard InChI is InChI=1S/C19H19FN4O4/c1-26-19-21-14(11-27-19)18(25)24-10-4-2-3-5-15(24)16-22-17(28-23-16)12-6-8-13(20)9-7-12/h6-9,11,15H,2-5,10H2,1H3. The molecule has 0 spiro atoms. The summed E-state index contributed by atoms with van der Waals surface area (Å²) >= 11 is 0. The van der Waals surface area contributed by atoms with Crippen LogP contribution < -0.4 is 4.74 Å². The van der Waals surface area contributed by atoms with Crippen LogP contribution in [0.25, 0.3) is 11.5 Å². The third-order valence-corrected chi connectivity index (χ3v) is 4.72. The number of benzene rings is 1. The molecule has 146 valence electrons. The normalized spacial score (nSPS) is 17.4. The molecule has 8 nitrogen and oxygen atoms in total. The van der Waals surface area contributed by atoms with Crippen LogP contribution in [0.2, 0.25) is 0 Å². The first-order valence-electron chi connectivity index (χ1n) is 9.06. The van der Waals surface area contributed by atoms with Crippen LogP contribution in [0.1, 0.15) is 48.0 Å². The molecule has 1 unspecified atom stereocenters. The van der Waals surface area contributed by atoms with Crippen molar-refractivity contribution in [1.82, 2.24) is 20.0 Å². The van der Waals surface area contributed by atoms with Gasteiger partial charge in [0, 0.05) is 12.1 Å². The van der Waals surface area contributed by atoms with E-state index in [9.17, 15) is 9.18 Å². The quantitative estimate of drug-likeness (QED) is 0.676. The van der Waals surface area contributed by atoms with Crippen LogP contribution in [0.3, 0.4) is 0 Å². The van der Waals surface area contributed by atoms with Gasteiger partial charge in [-0.25, -0.2) is 4.39 Å². The molecule has 9 heteroatoms. The molecule has 1 aliphatic rings. The lowest BCUT2D eigenvalue weighted by atomic mass is 10.1. The predicted molar refractivity (Wildman–Crippen MR) is 95.0 cm³/mol. The van der Waals surface area contributed by atoms with Crippen molar-refractivity contribution in [2.75, 3.05) is 13.7 Å². The Hall–Kier alpha value is -3.23. The molecule has 1 aliphatic heterocycles. The Morgan fingerprint density at radius 2 is 2.04 bits per heavy atom. The smallest absolute Gasteiger partial charge is 0.393 e. The zero-order valence-corrected chi connectivity index (χ0v) is 15.3. The summed E-state index contributed by atoms with van der Waals surface area (Å²) in [4.78, 5) is 23.2. The summed E-state index contributed by atoms with van der Waals surface area (Å²) in [5, 5.41) is 4.09. The number of likely N-dealkylation sites (tertiary alicyclic amines) is 1. The van der Waals surface area contributed by atoms with Gasteiger partial charge in [0.15, 0.2) is 11.5 Å². The number of carbonyl (C=O) groups is 1. The molecule has 1 aromatic carbocycles. The van der Waals surface area contributed by atoms with E-state index in [1.54, 1.807) is 17.0 Å². The lowest BCUT2D eigenvalue weighted by Gasteiger charge is -2.26. The van der Waals surface area contributed by atoms with Gasteiger partial charge in [0.2, 0.25) is 0 Å². The SMILES string of the molecule is COc1nc(C(=O)N2CCCCCC2c2noc(-c3ccc(F)cc3)n2)co1. The fraction of sp³-hybridized carbons (Fsp3) is 0.368. The molecule has 3 heterocycles. The Labute approximate surface area is 160 Å². The van der Waals surface area contributed by atoms with E-state index >= 15 is 0 Å². The summed E-state index contributed by atoms with van der Waals surface area (Å²) in [6.45, 7) is 0.555. The van der Waals surface area contributed by atoms with Crippen molar-refractivity contribution >= 4 is 5.91 Å². The Balaban J connectivity index is 1.62. The zero-order chi connectivity index (χ0) is 19.5. The van der Waals surface area contributed by atoms with Gasteiger partial charge in [0.1, 0.15) is 12.1 Å². The fourth-order valence-electron chi connectivity index (χ4n) is 3.30. The highest BCUT2D eigenvalue weighted by molar-refractivity contribution is 5.92. The maximum atomic E-state index is 13.1. The number of carbonyl (C=O) groups excluding carboxylic acids is 1. The number of oxazole rings is 1. The molecule has 4 rings (SSSR count). The topological polar surface area (TPSA) is 94.5 Å². The van der Waals surface area contributed by atoms with Crippen molar-refractivity contribution in [2.45, 2.75) is 31.7 Å². The van der Waals surface area contributed by atoms with Crippen molar-refractivity contribution in [2.24, 2.45) is 0 Å². The third-order valence-electron chi connectivity index (χ3n) is 4.72. The van der Waals surface area contributed by atoms with Crippen LogP contribution in [0, 0.1) is 5.82 Å². The number of rotatable bonds is 4. The van der Waals surface area contributed by atoms with Crippen molar-refractivity contribution in [3.8, 4) is 17.5 Å². The van der Waals surface area contributed by atoms with Crippen LogP contribution in [0.15, 0.2) is 39.5 Å². The van der Waals surface area contributed by atoms with Crippen LogP contribution in [0.5, 0.6) is 6.08 Å². The molecule has 1 saturated heterocycles. The van der Waals surface area contributed by atoms with Gasteiger partial charge in [-0.05, 0) is 37.1 Å². The molecule has 28 heavy (non-hydrogen) atoms. The van der Waals surface area contributed by atoms with Gasteiger partial charge in [-0.2, -0.15) is 9.97 Å². The molecule has 0 aliphatic carbocycles. The molecule has 0 N–H and O–H groups in total. The maximum Gasteiger partial charge on any atom is 0.393 e. The molecular formula is C19H19FN4O4. The molecule has 2 aromatic heterocycles. The molecule has 1 fully saturated rings. The number of ether oxygens (including phenoxy) is 1. The lowest BCUT2D eigenvalue weighted by Crippen LogP contribution is -2.35. The number of methoxy groups -OCH3 is 1. The van der Waals surface area contributed by atoms with Crippen LogP contribution >= 0.6 is 0 Å². The number of hydrogen-bond acceptors (Lipinski definition) is 7. The Morgan fingerprint density at radius 1 is 1.21 bits per heavy atom. The molecule has 0 bridgehead atoms. The monoisotopic (exact) mass is 386 g/mol. The van der Waals surface area contributed by atoms with Crippen LogP contribution in [-0.4, -0.2) is 39.6 Å². The van der Waals surface area contributed by atoms with Gasteiger partial charge in [-0.1, -0.05) is 18.0 Å². The molecule has 1 amide bonds. The highest BCUT2D eigenvalue weighted by Crippen LogP contribution is 2.31. The van der Waals surface area contributed by atoms with Gasteiger partial charge in [-0.3, -0.25) is 4.79 Å². The summed E-state index contributed by atoms with van der Waals surface area (Å²) in [6, 6.07) is 5.47. The highest BCUT2D eigenvalue weighted by atomic mass is 19.1. The van der Waals surface area contributed by atoms with E-state index in [1.807, 2.05) is 0 Å². The van der Waals surface area contributed by atoms with E-state index in [0.717, 1.165) is 19.3 Å². The van der Waals surface area contributed by atoms with E-state index < -0.39 is 0 Å². The van der Waals surface area contributed by atoms with Gasteiger partial charge < -0.3 is 18.6 Å². The second-order valence-electron chi connectivity index (χ2n) is 6.53. The van der Waals surface area contributed by atoms with Crippen molar-refractivity contribution in [3.05, 3.63) is 47.9 Å². The van der Waals surface area contributed by atoms with Gasteiger partial charge in [-0.15, -0.1) is 0 Å². The van der Waals surface area contributed by atoms with E-state index in [-0.39, 0.29) is 35.4 Å². The van der Waals surface area contributed by atoms with Gasteiger partial charge in [0.05, 0.1) is 13.2 Å². The first kappa shape index (κ1) is 18.1. The summed E-state index contributed by atoms with van der Waals surface area (Å²) in [5.74, 6) is 0.0962. The Morgan fingerprint density at radius 3 is 2.79 bits per heavy atom. The summed E-state index contributed by atoms with van der Waals surface area (Å²) < 4.78 is 28.5. The Kier molecular flexibility index (Phi) is 5.05. The molecule has 1 atom stereocenters. The first-order valence-corrected chi connectivity index (χ1v) is 9.06. The van der Waals surface area contributed by atoms with E-state index in [4.69, 9.17) is 13.7 Å². The minimum Gasteiger partial charge on any atom is -0.454 e. The number of aromatic nitrogens is 3. The number of nitrogens with zero attached hydrogens (tertiary/aromatic N) is 4. The number of halogens is 1. The van der Waals surface area contributed by atoms with E-state index in [2.05, 4.69) is 15.1 Å². The Bertz CT molecular complexity index is 953. The van der Waals surface area contributed by atoms with E-state index in [0.29, 0.717) is 24.4 Å². The maximum absolute atomic E-state index is 13.1. The summed E-state index contributed by atoms with van der Waals surface area (Å²) in [7, 11) is 1.42. The molecule has 0 radical (unpaired) electrons. The minimum atomic E-state index is -0.341. The number of amides is 1. The molecule has 0 saturated carbocycles.